The number of nitrogens with zero attached hydrogens (tertiary/aromatic N) is 3. The maximum atomic E-state index is 12.5. The third kappa shape index (κ3) is 4.07. The minimum Gasteiger partial charge on any atom is -0.322 e. The highest BCUT2D eigenvalue weighted by atomic mass is 16.2. The molecule has 1 saturated carbocycles. The van der Waals surface area contributed by atoms with Crippen LogP contribution in [0.1, 0.15) is 44.1 Å². The molecule has 24 heavy (non-hydrogen) atoms. The standard InChI is InChI=1S/C19H26N4O/c20-15-16-7-5-6-10-18(16)21-19(24)23-13-11-22(12-14-23)17-8-3-1-2-4-9-17/h5-7,10,17H,1-4,8-9,11-14H2,(H,21,24). The third-order valence-corrected chi connectivity index (χ3v) is 5.23. The molecule has 1 aliphatic heterocycles. The van der Waals surface area contributed by atoms with Crippen LogP contribution < -0.4 is 5.32 Å². The smallest absolute Gasteiger partial charge is 0.321 e. The highest BCUT2D eigenvalue weighted by molar-refractivity contribution is 5.90. The Labute approximate surface area is 144 Å². The number of amides is 2. The van der Waals surface area contributed by atoms with Gasteiger partial charge in [0.15, 0.2) is 0 Å². The van der Waals surface area contributed by atoms with Crippen LogP contribution in [-0.4, -0.2) is 48.1 Å². The van der Waals surface area contributed by atoms with Crippen LogP contribution in [0.4, 0.5) is 10.5 Å². The van der Waals surface area contributed by atoms with Crippen LogP contribution in [0.2, 0.25) is 0 Å². The van der Waals surface area contributed by atoms with Gasteiger partial charge < -0.3 is 10.2 Å². The van der Waals surface area contributed by atoms with Crippen LogP contribution in [-0.2, 0) is 0 Å². The lowest BCUT2D eigenvalue weighted by Crippen LogP contribution is -2.52. The average Bonchev–Trinajstić information content (AvgIpc) is 2.92. The van der Waals surface area contributed by atoms with E-state index in [0.29, 0.717) is 17.3 Å². The van der Waals surface area contributed by atoms with Crippen molar-refractivity contribution in [2.45, 2.75) is 44.6 Å². The number of carbonyl (C=O) groups excluding carboxylic acids is 1. The number of urea groups is 1. The topological polar surface area (TPSA) is 59.4 Å². The summed E-state index contributed by atoms with van der Waals surface area (Å²) in [6, 6.07) is 9.86. The molecule has 2 aliphatic rings. The van der Waals surface area contributed by atoms with Gasteiger partial charge in [0.1, 0.15) is 6.07 Å². The molecular weight excluding hydrogens is 300 g/mol. The van der Waals surface area contributed by atoms with Gasteiger partial charge in [0, 0.05) is 32.2 Å². The number of piperazine rings is 1. The second-order valence-electron chi connectivity index (χ2n) is 6.76. The fourth-order valence-electron chi connectivity index (χ4n) is 3.80. The summed E-state index contributed by atoms with van der Waals surface area (Å²) in [5.41, 5.74) is 1.10. The highest BCUT2D eigenvalue weighted by Crippen LogP contribution is 2.23. The second-order valence-corrected chi connectivity index (χ2v) is 6.76. The van der Waals surface area contributed by atoms with Crippen LogP contribution in [0.15, 0.2) is 24.3 Å². The van der Waals surface area contributed by atoms with Crippen molar-refractivity contribution >= 4 is 11.7 Å². The van der Waals surface area contributed by atoms with Gasteiger partial charge in [0.25, 0.3) is 0 Å². The molecule has 0 aromatic heterocycles. The van der Waals surface area contributed by atoms with Crippen molar-refractivity contribution in [2.24, 2.45) is 0 Å². The number of para-hydroxylation sites is 1. The largest absolute Gasteiger partial charge is 0.322 e. The fraction of sp³-hybridized carbons (Fsp3) is 0.579. The average molecular weight is 326 g/mol. The quantitative estimate of drug-likeness (QED) is 0.847. The molecule has 5 nitrogen and oxygen atoms in total. The maximum Gasteiger partial charge on any atom is 0.321 e. The summed E-state index contributed by atoms with van der Waals surface area (Å²) in [5, 5.41) is 12.0. The fourth-order valence-corrected chi connectivity index (χ4v) is 3.80. The van der Waals surface area contributed by atoms with Crippen molar-refractivity contribution in [3.8, 4) is 6.07 Å². The number of nitrogens with one attached hydrogen (secondary N) is 1. The summed E-state index contributed by atoms with van der Waals surface area (Å²) in [7, 11) is 0. The molecular formula is C19H26N4O. The summed E-state index contributed by atoms with van der Waals surface area (Å²) >= 11 is 0. The van der Waals surface area contributed by atoms with E-state index in [1.807, 2.05) is 11.0 Å². The number of nitriles is 1. The van der Waals surface area contributed by atoms with E-state index in [1.165, 1.54) is 38.5 Å². The van der Waals surface area contributed by atoms with Crippen LogP contribution in [0.3, 0.4) is 0 Å². The van der Waals surface area contributed by atoms with Gasteiger partial charge >= 0.3 is 6.03 Å². The number of hydrogen-bond acceptors (Lipinski definition) is 3. The molecule has 1 N–H and O–H groups in total. The Morgan fingerprint density at radius 1 is 1.04 bits per heavy atom. The van der Waals surface area contributed by atoms with E-state index in [-0.39, 0.29) is 6.03 Å². The second kappa shape index (κ2) is 8.16. The number of benzene rings is 1. The molecule has 1 aromatic carbocycles. The Bertz CT molecular complexity index is 594. The zero-order valence-electron chi connectivity index (χ0n) is 14.2. The normalized spacial score (nSPS) is 20.2. The predicted octanol–water partition coefficient (Wildman–Crippen LogP) is 3.43. The van der Waals surface area contributed by atoms with Crippen LogP contribution in [0.5, 0.6) is 0 Å². The van der Waals surface area contributed by atoms with Crippen molar-refractivity contribution in [3.05, 3.63) is 29.8 Å². The van der Waals surface area contributed by atoms with E-state index in [4.69, 9.17) is 5.26 Å². The van der Waals surface area contributed by atoms with Gasteiger partial charge in [-0.25, -0.2) is 4.79 Å². The third-order valence-electron chi connectivity index (χ3n) is 5.23. The van der Waals surface area contributed by atoms with E-state index in [9.17, 15) is 4.79 Å². The molecule has 1 aliphatic carbocycles. The molecule has 0 unspecified atom stereocenters. The highest BCUT2D eigenvalue weighted by Gasteiger charge is 2.26. The summed E-state index contributed by atoms with van der Waals surface area (Å²) in [5.74, 6) is 0. The maximum absolute atomic E-state index is 12.5. The monoisotopic (exact) mass is 326 g/mol. The van der Waals surface area contributed by atoms with Gasteiger partial charge in [-0.15, -0.1) is 0 Å². The Morgan fingerprint density at radius 2 is 1.71 bits per heavy atom. The first kappa shape index (κ1) is 16.8. The summed E-state index contributed by atoms with van der Waals surface area (Å²) < 4.78 is 0. The number of anilines is 1. The van der Waals surface area contributed by atoms with Gasteiger partial charge in [-0.1, -0.05) is 37.8 Å². The van der Waals surface area contributed by atoms with Gasteiger partial charge in [-0.3, -0.25) is 4.90 Å². The summed E-state index contributed by atoms with van der Waals surface area (Å²) in [6.07, 6.45) is 8.05. The van der Waals surface area contributed by atoms with Gasteiger partial charge in [-0.2, -0.15) is 5.26 Å². The molecule has 0 atom stereocenters. The van der Waals surface area contributed by atoms with Crippen molar-refractivity contribution in [1.82, 2.24) is 9.80 Å². The first-order chi connectivity index (χ1) is 11.8. The molecule has 5 heteroatoms. The minimum absolute atomic E-state index is 0.0989. The van der Waals surface area contributed by atoms with Crippen LogP contribution >= 0.6 is 0 Å². The van der Waals surface area contributed by atoms with E-state index < -0.39 is 0 Å². The molecule has 1 heterocycles. The lowest BCUT2D eigenvalue weighted by atomic mass is 10.1. The Hall–Kier alpha value is -2.06. The summed E-state index contributed by atoms with van der Waals surface area (Å²) in [4.78, 5) is 16.9. The van der Waals surface area contributed by atoms with Crippen LogP contribution in [0, 0.1) is 11.3 Å². The Balaban J connectivity index is 1.52. The molecule has 0 spiro atoms. The molecule has 3 rings (SSSR count). The molecule has 0 radical (unpaired) electrons. The van der Waals surface area contributed by atoms with Crippen molar-refractivity contribution in [1.29, 1.82) is 5.26 Å². The van der Waals surface area contributed by atoms with Crippen molar-refractivity contribution < 1.29 is 4.79 Å². The van der Waals surface area contributed by atoms with Crippen molar-refractivity contribution in [2.75, 3.05) is 31.5 Å². The van der Waals surface area contributed by atoms with Crippen LogP contribution in [0.25, 0.3) is 0 Å². The van der Waals surface area contributed by atoms with Gasteiger partial charge in [0.2, 0.25) is 0 Å². The van der Waals surface area contributed by atoms with Gasteiger partial charge in [-0.05, 0) is 25.0 Å². The van der Waals surface area contributed by atoms with Gasteiger partial charge in [0.05, 0.1) is 11.3 Å². The first-order valence-electron chi connectivity index (χ1n) is 9.07. The lowest BCUT2D eigenvalue weighted by Gasteiger charge is -2.39. The van der Waals surface area contributed by atoms with E-state index in [2.05, 4.69) is 16.3 Å². The Morgan fingerprint density at radius 3 is 2.38 bits per heavy atom. The van der Waals surface area contributed by atoms with E-state index in [0.717, 1.165) is 26.2 Å². The Kier molecular flexibility index (Phi) is 5.71. The number of hydrogen-bond donors (Lipinski definition) is 1. The SMILES string of the molecule is N#Cc1ccccc1NC(=O)N1CCN(C2CCCCCC2)CC1. The lowest BCUT2D eigenvalue weighted by molar-refractivity contribution is 0.105. The molecule has 2 amide bonds. The number of carbonyl (C=O) groups is 1. The van der Waals surface area contributed by atoms with E-state index in [1.54, 1.807) is 18.2 Å². The zero-order valence-corrected chi connectivity index (χ0v) is 14.2. The predicted molar refractivity (Wildman–Crippen MR) is 94.8 cm³/mol. The molecule has 2 fully saturated rings. The summed E-state index contributed by atoms with van der Waals surface area (Å²) in [6.45, 7) is 3.43. The van der Waals surface area contributed by atoms with Crippen molar-refractivity contribution in [3.63, 3.8) is 0 Å². The molecule has 0 bridgehead atoms. The minimum atomic E-state index is -0.0989. The molecule has 128 valence electrons. The van der Waals surface area contributed by atoms with E-state index >= 15 is 0 Å². The number of rotatable bonds is 2. The molecule has 1 aromatic rings. The zero-order chi connectivity index (χ0) is 16.8. The first-order valence-corrected chi connectivity index (χ1v) is 9.07. The molecule has 1 saturated heterocycles.